The molecular formula is C26H37N3O8. The van der Waals surface area contributed by atoms with E-state index in [4.69, 9.17) is 19.3 Å². The zero-order chi connectivity index (χ0) is 27.1. The fourth-order valence-corrected chi connectivity index (χ4v) is 3.45. The topological polar surface area (TPSA) is 152 Å². The van der Waals surface area contributed by atoms with E-state index in [2.05, 4.69) is 16.0 Å². The Kier molecular flexibility index (Phi) is 12.6. The van der Waals surface area contributed by atoms with Gasteiger partial charge in [0.1, 0.15) is 19.3 Å². The Morgan fingerprint density at radius 1 is 1.14 bits per heavy atom. The van der Waals surface area contributed by atoms with Gasteiger partial charge in [-0.15, -0.1) is 0 Å². The number of aliphatic hydroxyl groups is 1. The highest BCUT2D eigenvalue weighted by molar-refractivity contribution is 5.86. The van der Waals surface area contributed by atoms with E-state index in [-0.39, 0.29) is 70.7 Å². The molecule has 204 valence electrons. The Morgan fingerprint density at radius 3 is 2.59 bits per heavy atom. The van der Waals surface area contributed by atoms with Gasteiger partial charge in [0.25, 0.3) is 0 Å². The second-order valence-electron chi connectivity index (χ2n) is 9.27. The molecule has 4 N–H and O–H groups in total. The molecule has 0 bridgehead atoms. The number of hydrogen-bond donors (Lipinski definition) is 4. The number of ether oxygens (including phenoxy) is 3. The van der Waals surface area contributed by atoms with Gasteiger partial charge in [0.15, 0.2) is 0 Å². The number of cyclic esters (lactones) is 1. The Balaban J connectivity index is 1.98. The van der Waals surface area contributed by atoms with Crippen LogP contribution >= 0.6 is 0 Å². The molecule has 1 aromatic carbocycles. The highest BCUT2D eigenvalue weighted by Gasteiger charge is 2.30. The number of aliphatic hydroxyl groups excluding tert-OH is 1. The normalized spacial score (nSPS) is 20.0. The Hall–Kier alpha value is -3.44. The van der Waals surface area contributed by atoms with Gasteiger partial charge in [0.05, 0.1) is 31.3 Å². The number of nitrogens with one attached hydrogen (secondary N) is 3. The van der Waals surface area contributed by atoms with Gasteiger partial charge in [-0.1, -0.05) is 42.5 Å². The molecule has 0 fully saturated rings. The molecule has 0 saturated carbocycles. The van der Waals surface area contributed by atoms with Crippen LogP contribution in [0.3, 0.4) is 0 Å². The first-order chi connectivity index (χ1) is 17.7. The van der Waals surface area contributed by atoms with Crippen molar-refractivity contribution in [1.29, 1.82) is 0 Å². The van der Waals surface area contributed by atoms with Crippen LogP contribution in [0.15, 0.2) is 42.5 Å². The summed E-state index contributed by atoms with van der Waals surface area (Å²) in [7, 11) is 0. The number of rotatable bonds is 10. The van der Waals surface area contributed by atoms with Crippen LogP contribution in [0, 0.1) is 5.92 Å². The first-order valence-corrected chi connectivity index (χ1v) is 12.3. The van der Waals surface area contributed by atoms with Gasteiger partial charge in [-0.3, -0.25) is 9.59 Å². The lowest BCUT2D eigenvalue weighted by Gasteiger charge is -2.29. The van der Waals surface area contributed by atoms with Crippen molar-refractivity contribution in [3.63, 3.8) is 0 Å². The van der Waals surface area contributed by atoms with E-state index in [9.17, 15) is 19.2 Å². The summed E-state index contributed by atoms with van der Waals surface area (Å²) in [5, 5.41) is 16.8. The summed E-state index contributed by atoms with van der Waals surface area (Å²) in [5.74, 6) is -1.94. The molecule has 0 aromatic heterocycles. The SMILES string of the molecule is CC1(C)COC(=O)C(NC(=O)OCc2ccccc2)CC=CCC(CC(=O)NCCOCCO)C(=O)N1. The molecule has 0 spiro atoms. The second-order valence-corrected chi connectivity index (χ2v) is 9.27. The standard InChI is InChI=1S/C26H37N3O8/c1-26(2)18-37-24(33)21(28-25(34)36-17-19-8-4-3-5-9-19)11-7-6-10-20(23(32)29-26)16-22(31)27-12-14-35-15-13-30/h3-9,20-21,30H,10-18H2,1-2H3,(H,27,31)(H,28,34)(H,29,32). The largest absolute Gasteiger partial charge is 0.462 e. The van der Waals surface area contributed by atoms with Crippen LogP contribution in [-0.4, -0.2) is 73.5 Å². The summed E-state index contributed by atoms with van der Waals surface area (Å²) in [4.78, 5) is 50.2. The van der Waals surface area contributed by atoms with Gasteiger partial charge in [-0.05, 0) is 32.3 Å². The van der Waals surface area contributed by atoms with Crippen molar-refractivity contribution >= 4 is 23.9 Å². The number of hydrogen-bond acceptors (Lipinski definition) is 8. The molecule has 0 radical (unpaired) electrons. The van der Waals surface area contributed by atoms with Crippen LogP contribution in [-0.2, 0) is 35.2 Å². The molecular weight excluding hydrogens is 482 g/mol. The Labute approximate surface area is 216 Å². The van der Waals surface area contributed by atoms with Crippen LogP contribution in [0.5, 0.6) is 0 Å². The summed E-state index contributed by atoms with van der Waals surface area (Å²) < 4.78 is 15.7. The van der Waals surface area contributed by atoms with E-state index in [0.29, 0.717) is 0 Å². The van der Waals surface area contributed by atoms with E-state index in [1.165, 1.54) is 0 Å². The van der Waals surface area contributed by atoms with Crippen molar-refractivity contribution in [3.8, 4) is 0 Å². The minimum atomic E-state index is -0.980. The fraction of sp³-hybridized carbons (Fsp3) is 0.538. The van der Waals surface area contributed by atoms with Crippen molar-refractivity contribution in [2.75, 3.05) is 33.0 Å². The number of esters is 1. The van der Waals surface area contributed by atoms with Crippen LogP contribution in [0.25, 0.3) is 0 Å². The first kappa shape index (κ1) is 29.8. The molecule has 11 heteroatoms. The molecule has 2 unspecified atom stereocenters. The van der Waals surface area contributed by atoms with Crippen LogP contribution < -0.4 is 16.0 Å². The van der Waals surface area contributed by atoms with E-state index in [0.717, 1.165) is 5.56 Å². The highest BCUT2D eigenvalue weighted by atomic mass is 16.6. The molecule has 0 saturated heterocycles. The van der Waals surface area contributed by atoms with Crippen molar-refractivity contribution in [1.82, 2.24) is 16.0 Å². The summed E-state index contributed by atoms with van der Waals surface area (Å²) in [6.45, 7) is 3.94. The van der Waals surface area contributed by atoms with Crippen LogP contribution in [0.1, 0.15) is 38.7 Å². The first-order valence-electron chi connectivity index (χ1n) is 12.3. The third-order valence-electron chi connectivity index (χ3n) is 5.39. The maximum atomic E-state index is 12.9. The number of amides is 3. The Bertz CT molecular complexity index is 920. The fourth-order valence-electron chi connectivity index (χ4n) is 3.45. The van der Waals surface area contributed by atoms with Gasteiger partial charge in [0.2, 0.25) is 11.8 Å². The highest BCUT2D eigenvalue weighted by Crippen LogP contribution is 2.15. The third-order valence-corrected chi connectivity index (χ3v) is 5.39. The third kappa shape index (κ3) is 11.9. The number of carbonyl (C=O) groups is 4. The second kappa shape index (κ2) is 15.6. The van der Waals surface area contributed by atoms with Gasteiger partial charge in [0, 0.05) is 13.0 Å². The van der Waals surface area contributed by atoms with E-state index >= 15 is 0 Å². The number of alkyl carbamates (subject to hydrolysis) is 1. The number of carbonyl (C=O) groups excluding carboxylic acids is 4. The molecule has 2 rings (SSSR count). The smallest absolute Gasteiger partial charge is 0.408 e. The van der Waals surface area contributed by atoms with E-state index < -0.39 is 29.6 Å². The lowest BCUT2D eigenvalue weighted by Crippen LogP contribution is -2.51. The molecule has 1 aliphatic rings. The minimum Gasteiger partial charge on any atom is -0.462 e. The molecule has 0 aliphatic carbocycles. The van der Waals surface area contributed by atoms with Gasteiger partial charge >= 0.3 is 12.1 Å². The molecule has 1 aromatic rings. The van der Waals surface area contributed by atoms with E-state index in [1.54, 1.807) is 26.0 Å². The molecule has 2 atom stereocenters. The van der Waals surface area contributed by atoms with Crippen molar-refractivity contribution in [2.45, 2.75) is 51.3 Å². The maximum Gasteiger partial charge on any atom is 0.408 e. The average Bonchev–Trinajstić information content (AvgIpc) is 2.86. The van der Waals surface area contributed by atoms with Crippen molar-refractivity contribution in [2.24, 2.45) is 5.92 Å². The quantitative estimate of drug-likeness (QED) is 0.204. The lowest BCUT2D eigenvalue weighted by molar-refractivity contribution is -0.149. The van der Waals surface area contributed by atoms with Crippen LogP contribution in [0.2, 0.25) is 0 Å². The van der Waals surface area contributed by atoms with Gasteiger partial charge < -0.3 is 35.3 Å². The Morgan fingerprint density at radius 2 is 1.86 bits per heavy atom. The van der Waals surface area contributed by atoms with Gasteiger partial charge in [-0.25, -0.2) is 9.59 Å². The summed E-state index contributed by atoms with van der Waals surface area (Å²) in [6, 6.07) is 8.17. The molecule has 11 nitrogen and oxygen atoms in total. The monoisotopic (exact) mass is 519 g/mol. The molecule has 1 heterocycles. The lowest BCUT2D eigenvalue weighted by atomic mass is 9.96. The summed E-state index contributed by atoms with van der Waals surface area (Å²) in [6.07, 6.45) is 2.96. The minimum absolute atomic E-state index is 0.0421. The summed E-state index contributed by atoms with van der Waals surface area (Å²) in [5.41, 5.74) is -0.0926. The predicted octanol–water partition coefficient (Wildman–Crippen LogP) is 1.20. The number of allylic oxidation sites excluding steroid dienone is 1. The van der Waals surface area contributed by atoms with Crippen LogP contribution in [0.4, 0.5) is 4.79 Å². The molecule has 1 aliphatic heterocycles. The predicted molar refractivity (Wildman–Crippen MR) is 134 cm³/mol. The van der Waals surface area contributed by atoms with Crippen molar-refractivity contribution in [3.05, 3.63) is 48.0 Å². The van der Waals surface area contributed by atoms with E-state index in [1.807, 2.05) is 30.3 Å². The summed E-state index contributed by atoms with van der Waals surface area (Å²) >= 11 is 0. The van der Waals surface area contributed by atoms with Crippen molar-refractivity contribution < 1.29 is 38.5 Å². The average molecular weight is 520 g/mol. The maximum absolute atomic E-state index is 12.9. The molecule has 37 heavy (non-hydrogen) atoms. The zero-order valence-corrected chi connectivity index (χ0v) is 21.4. The zero-order valence-electron chi connectivity index (χ0n) is 21.4. The molecule has 3 amide bonds. The number of benzene rings is 1. The van der Waals surface area contributed by atoms with Gasteiger partial charge in [-0.2, -0.15) is 0 Å².